The molecule has 78 valence electrons. The largest absolute Gasteiger partial charge is 0.339 e. The molecule has 0 saturated carbocycles. The van der Waals surface area contributed by atoms with Gasteiger partial charge in [0.25, 0.3) is 5.91 Å². The lowest BCUT2D eigenvalue weighted by Crippen LogP contribution is -2.31. The molecule has 0 aliphatic rings. The molecule has 2 nitrogen and oxygen atoms in total. The average molecular weight is 209 g/mol. The molecule has 0 bridgehead atoms. The number of carbonyl (C=O) groups excluding carboxylic acids is 1. The number of carbonyl (C=O) groups is 1. The molecule has 1 atom stereocenters. The van der Waals surface area contributed by atoms with Crippen LogP contribution >= 0.6 is 0 Å². The Morgan fingerprint density at radius 1 is 1.47 bits per heavy atom. The second-order valence-corrected chi connectivity index (χ2v) is 2.99. The van der Waals surface area contributed by atoms with E-state index in [4.69, 9.17) is 6.42 Å². The summed E-state index contributed by atoms with van der Waals surface area (Å²) >= 11 is 0. The molecule has 1 aromatic carbocycles. The van der Waals surface area contributed by atoms with Gasteiger partial charge in [-0.15, -0.1) is 6.42 Å². The normalized spacial score (nSPS) is 11.6. The lowest BCUT2D eigenvalue weighted by Gasteiger charge is -2.07. The third-order valence-electron chi connectivity index (χ3n) is 1.78. The van der Waals surface area contributed by atoms with Gasteiger partial charge in [0, 0.05) is 5.56 Å². The summed E-state index contributed by atoms with van der Waals surface area (Å²) in [7, 11) is 0. The Kier molecular flexibility index (Phi) is 3.40. The van der Waals surface area contributed by atoms with E-state index in [9.17, 15) is 13.6 Å². The van der Waals surface area contributed by atoms with E-state index >= 15 is 0 Å². The SMILES string of the molecule is C#C[C@H](C)NC(=O)c1ccc(F)c(F)c1. The van der Waals surface area contributed by atoms with Crippen LogP contribution in [0.1, 0.15) is 17.3 Å². The smallest absolute Gasteiger partial charge is 0.252 e. The van der Waals surface area contributed by atoms with E-state index in [0.717, 1.165) is 12.1 Å². The van der Waals surface area contributed by atoms with Gasteiger partial charge in [-0.3, -0.25) is 4.79 Å². The summed E-state index contributed by atoms with van der Waals surface area (Å²) in [6.07, 6.45) is 5.05. The lowest BCUT2D eigenvalue weighted by molar-refractivity contribution is 0.0947. The van der Waals surface area contributed by atoms with Crippen molar-refractivity contribution in [3.8, 4) is 12.3 Å². The van der Waals surface area contributed by atoms with Gasteiger partial charge in [-0.2, -0.15) is 0 Å². The average Bonchev–Trinajstić information content (AvgIpc) is 2.21. The molecule has 1 N–H and O–H groups in total. The van der Waals surface area contributed by atoms with Crippen LogP contribution in [0.15, 0.2) is 18.2 Å². The predicted molar refractivity (Wildman–Crippen MR) is 52.1 cm³/mol. The molecule has 0 radical (unpaired) electrons. The molecule has 15 heavy (non-hydrogen) atoms. The minimum atomic E-state index is -1.06. The maximum atomic E-state index is 12.8. The van der Waals surface area contributed by atoms with Gasteiger partial charge in [0.2, 0.25) is 0 Å². The van der Waals surface area contributed by atoms with E-state index in [2.05, 4.69) is 11.2 Å². The Labute approximate surface area is 86.3 Å². The molecule has 0 aliphatic carbocycles. The van der Waals surface area contributed by atoms with E-state index in [1.54, 1.807) is 6.92 Å². The number of benzene rings is 1. The first kappa shape index (κ1) is 11.2. The van der Waals surface area contributed by atoms with Crippen LogP contribution in [0.5, 0.6) is 0 Å². The van der Waals surface area contributed by atoms with Crippen LogP contribution in [-0.4, -0.2) is 11.9 Å². The van der Waals surface area contributed by atoms with Crippen LogP contribution < -0.4 is 5.32 Å². The van der Waals surface area contributed by atoms with Crippen molar-refractivity contribution >= 4 is 5.91 Å². The number of nitrogens with one attached hydrogen (secondary N) is 1. The molecule has 1 aromatic rings. The minimum absolute atomic E-state index is 0.0380. The molecule has 1 rings (SSSR count). The summed E-state index contributed by atoms with van der Waals surface area (Å²) in [4.78, 5) is 11.4. The maximum Gasteiger partial charge on any atom is 0.252 e. The molecule has 0 heterocycles. The number of terminal acetylenes is 1. The molecular weight excluding hydrogens is 200 g/mol. The van der Waals surface area contributed by atoms with Gasteiger partial charge >= 0.3 is 0 Å². The standard InChI is InChI=1S/C11H9F2NO/c1-3-7(2)14-11(15)8-4-5-9(12)10(13)6-8/h1,4-7H,2H3,(H,14,15)/t7-/m0/s1. The third-order valence-corrected chi connectivity index (χ3v) is 1.78. The summed E-state index contributed by atoms with van der Waals surface area (Å²) in [6.45, 7) is 1.61. The minimum Gasteiger partial charge on any atom is -0.339 e. The van der Waals surface area contributed by atoms with E-state index < -0.39 is 23.6 Å². The predicted octanol–water partition coefficient (Wildman–Crippen LogP) is 1.72. The maximum absolute atomic E-state index is 12.8. The molecular formula is C11H9F2NO. The van der Waals surface area contributed by atoms with E-state index in [0.29, 0.717) is 0 Å². The second kappa shape index (κ2) is 4.56. The summed E-state index contributed by atoms with van der Waals surface area (Å²) in [6, 6.07) is 2.46. The molecule has 0 aromatic heterocycles. The van der Waals surface area contributed by atoms with Crippen molar-refractivity contribution in [1.29, 1.82) is 0 Å². The number of hydrogen-bond donors (Lipinski definition) is 1. The summed E-state index contributed by atoms with van der Waals surface area (Å²) < 4.78 is 25.3. The zero-order valence-corrected chi connectivity index (χ0v) is 8.05. The molecule has 0 unspecified atom stereocenters. The van der Waals surface area contributed by atoms with Crippen LogP contribution in [0.4, 0.5) is 8.78 Å². The topological polar surface area (TPSA) is 29.1 Å². The Balaban J connectivity index is 2.84. The summed E-state index contributed by atoms with van der Waals surface area (Å²) in [5, 5.41) is 2.43. The molecule has 1 amide bonds. The Bertz CT molecular complexity index is 423. The van der Waals surface area contributed by atoms with E-state index in [1.165, 1.54) is 6.07 Å². The van der Waals surface area contributed by atoms with Crippen molar-refractivity contribution in [3.05, 3.63) is 35.4 Å². The highest BCUT2D eigenvalue weighted by Gasteiger charge is 2.10. The van der Waals surface area contributed by atoms with Crippen molar-refractivity contribution in [3.63, 3.8) is 0 Å². The summed E-state index contributed by atoms with van der Waals surface area (Å²) in [5.41, 5.74) is 0.0380. The zero-order chi connectivity index (χ0) is 11.4. The molecule has 0 saturated heterocycles. The van der Waals surface area contributed by atoms with Gasteiger partial charge in [0.1, 0.15) is 0 Å². The summed E-state index contributed by atoms with van der Waals surface area (Å²) in [5.74, 6) is -0.285. The van der Waals surface area contributed by atoms with Crippen LogP contribution in [0.25, 0.3) is 0 Å². The van der Waals surface area contributed by atoms with Gasteiger partial charge in [-0.1, -0.05) is 5.92 Å². The van der Waals surface area contributed by atoms with Crippen LogP contribution in [0, 0.1) is 24.0 Å². The van der Waals surface area contributed by atoms with Crippen LogP contribution in [-0.2, 0) is 0 Å². The fraction of sp³-hybridized carbons (Fsp3) is 0.182. The fourth-order valence-corrected chi connectivity index (χ4v) is 0.959. The number of hydrogen-bond acceptors (Lipinski definition) is 1. The van der Waals surface area contributed by atoms with Crippen molar-refractivity contribution in [2.45, 2.75) is 13.0 Å². The number of halogens is 2. The van der Waals surface area contributed by atoms with Crippen LogP contribution in [0.3, 0.4) is 0 Å². The van der Waals surface area contributed by atoms with Gasteiger partial charge in [0.15, 0.2) is 11.6 Å². The first-order chi connectivity index (χ1) is 7.04. The lowest BCUT2D eigenvalue weighted by atomic mass is 10.2. The van der Waals surface area contributed by atoms with Crippen LogP contribution in [0.2, 0.25) is 0 Å². The first-order valence-electron chi connectivity index (χ1n) is 4.26. The van der Waals surface area contributed by atoms with Crippen molar-refractivity contribution in [1.82, 2.24) is 5.32 Å². The van der Waals surface area contributed by atoms with Crippen molar-refractivity contribution in [2.75, 3.05) is 0 Å². The monoisotopic (exact) mass is 209 g/mol. The van der Waals surface area contributed by atoms with Gasteiger partial charge in [-0.25, -0.2) is 8.78 Å². The molecule has 0 aliphatic heterocycles. The van der Waals surface area contributed by atoms with Gasteiger partial charge in [0.05, 0.1) is 6.04 Å². The van der Waals surface area contributed by atoms with E-state index in [-0.39, 0.29) is 5.56 Å². The van der Waals surface area contributed by atoms with Crippen molar-refractivity contribution < 1.29 is 13.6 Å². The molecule has 0 fully saturated rings. The highest BCUT2D eigenvalue weighted by atomic mass is 19.2. The number of rotatable bonds is 2. The highest BCUT2D eigenvalue weighted by molar-refractivity contribution is 5.94. The fourth-order valence-electron chi connectivity index (χ4n) is 0.959. The number of amides is 1. The third kappa shape index (κ3) is 2.78. The Morgan fingerprint density at radius 2 is 2.13 bits per heavy atom. The van der Waals surface area contributed by atoms with Crippen molar-refractivity contribution in [2.24, 2.45) is 0 Å². The molecule has 4 heteroatoms. The van der Waals surface area contributed by atoms with E-state index in [1.807, 2.05) is 0 Å². The quantitative estimate of drug-likeness (QED) is 0.738. The second-order valence-electron chi connectivity index (χ2n) is 2.99. The Morgan fingerprint density at radius 3 is 2.67 bits per heavy atom. The Hall–Kier alpha value is -1.89. The first-order valence-corrected chi connectivity index (χ1v) is 4.26. The zero-order valence-electron chi connectivity index (χ0n) is 8.05. The highest BCUT2D eigenvalue weighted by Crippen LogP contribution is 2.08. The van der Waals surface area contributed by atoms with Gasteiger partial charge in [-0.05, 0) is 25.1 Å². The van der Waals surface area contributed by atoms with Gasteiger partial charge < -0.3 is 5.32 Å². The molecule has 0 spiro atoms.